The SMILES string of the molecule is COC(=O)c1cccc(-c2nnc(-c3cccc(C(=O)OC)c3)o2)c1. The second kappa shape index (κ2) is 6.96. The van der Waals surface area contributed by atoms with E-state index in [-0.39, 0.29) is 11.8 Å². The lowest BCUT2D eigenvalue weighted by Gasteiger charge is -2.01. The topological polar surface area (TPSA) is 91.5 Å². The van der Waals surface area contributed by atoms with Crippen LogP contribution in [0.2, 0.25) is 0 Å². The summed E-state index contributed by atoms with van der Waals surface area (Å²) >= 11 is 0. The number of ether oxygens (including phenoxy) is 2. The fourth-order valence-electron chi connectivity index (χ4n) is 2.25. The normalized spacial score (nSPS) is 10.3. The molecule has 7 nitrogen and oxygen atoms in total. The second-order valence-corrected chi connectivity index (χ2v) is 5.06. The van der Waals surface area contributed by atoms with Crippen molar-refractivity contribution in [1.29, 1.82) is 0 Å². The van der Waals surface area contributed by atoms with E-state index < -0.39 is 11.9 Å². The van der Waals surface area contributed by atoms with Crippen molar-refractivity contribution < 1.29 is 23.5 Å². The van der Waals surface area contributed by atoms with E-state index in [1.807, 2.05) is 0 Å². The Morgan fingerprint density at radius 1 is 0.800 bits per heavy atom. The summed E-state index contributed by atoms with van der Waals surface area (Å²) in [5.74, 6) is -0.395. The molecule has 1 aromatic heterocycles. The molecule has 0 saturated heterocycles. The van der Waals surface area contributed by atoms with E-state index in [2.05, 4.69) is 10.2 Å². The quantitative estimate of drug-likeness (QED) is 0.675. The van der Waals surface area contributed by atoms with Gasteiger partial charge in [0.1, 0.15) is 0 Å². The molecule has 0 bridgehead atoms. The molecule has 0 saturated carbocycles. The van der Waals surface area contributed by atoms with Crippen LogP contribution in [0, 0.1) is 0 Å². The van der Waals surface area contributed by atoms with Gasteiger partial charge in [-0.05, 0) is 36.4 Å². The largest absolute Gasteiger partial charge is 0.465 e. The van der Waals surface area contributed by atoms with Gasteiger partial charge >= 0.3 is 11.9 Å². The summed E-state index contributed by atoms with van der Waals surface area (Å²) in [5.41, 5.74) is 1.94. The maximum Gasteiger partial charge on any atom is 0.337 e. The number of carbonyl (C=O) groups is 2. The van der Waals surface area contributed by atoms with Crippen molar-refractivity contribution in [2.75, 3.05) is 14.2 Å². The van der Waals surface area contributed by atoms with Gasteiger partial charge in [0.15, 0.2) is 0 Å². The number of aromatic nitrogens is 2. The minimum absolute atomic E-state index is 0.254. The highest BCUT2D eigenvalue weighted by molar-refractivity contribution is 5.91. The lowest BCUT2D eigenvalue weighted by molar-refractivity contribution is 0.0592. The van der Waals surface area contributed by atoms with Gasteiger partial charge in [0.05, 0.1) is 25.3 Å². The van der Waals surface area contributed by atoms with Crippen LogP contribution in [0.25, 0.3) is 22.9 Å². The van der Waals surface area contributed by atoms with E-state index >= 15 is 0 Å². The number of benzene rings is 2. The first-order valence-corrected chi connectivity index (χ1v) is 7.33. The molecule has 25 heavy (non-hydrogen) atoms. The summed E-state index contributed by atoms with van der Waals surface area (Å²) in [6.45, 7) is 0. The molecule has 0 aliphatic carbocycles. The number of nitrogens with zero attached hydrogens (tertiary/aromatic N) is 2. The fraction of sp³-hybridized carbons (Fsp3) is 0.111. The summed E-state index contributed by atoms with van der Waals surface area (Å²) in [5, 5.41) is 8.00. The highest BCUT2D eigenvalue weighted by Gasteiger charge is 2.14. The minimum Gasteiger partial charge on any atom is -0.465 e. The van der Waals surface area contributed by atoms with Crippen molar-refractivity contribution >= 4 is 11.9 Å². The minimum atomic E-state index is -0.452. The third-order valence-electron chi connectivity index (χ3n) is 3.49. The summed E-state index contributed by atoms with van der Waals surface area (Å²) in [7, 11) is 2.63. The first-order chi connectivity index (χ1) is 12.1. The predicted molar refractivity (Wildman–Crippen MR) is 87.8 cm³/mol. The zero-order valence-electron chi connectivity index (χ0n) is 13.6. The average molecular weight is 338 g/mol. The van der Waals surface area contributed by atoms with Crippen molar-refractivity contribution in [1.82, 2.24) is 10.2 Å². The molecule has 3 rings (SSSR count). The Morgan fingerprint density at radius 3 is 1.64 bits per heavy atom. The van der Waals surface area contributed by atoms with Crippen LogP contribution in [0.15, 0.2) is 52.9 Å². The van der Waals surface area contributed by atoms with Crippen LogP contribution in [-0.2, 0) is 9.47 Å². The molecule has 0 N–H and O–H groups in total. The van der Waals surface area contributed by atoms with Gasteiger partial charge in [-0.2, -0.15) is 0 Å². The molecular weight excluding hydrogens is 324 g/mol. The number of carbonyl (C=O) groups excluding carboxylic acids is 2. The average Bonchev–Trinajstić information content (AvgIpc) is 3.17. The lowest BCUT2D eigenvalue weighted by atomic mass is 10.1. The molecule has 3 aromatic rings. The molecule has 0 aliphatic heterocycles. The van der Waals surface area contributed by atoms with Crippen LogP contribution >= 0.6 is 0 Å². The van der Waals surface area contributed by atoms with Crippen molar-refractivity contribution in [2.45, 2.75) is 0 Å². The van der Waals surface area contributed by atoms with Crippen LogP contribution in [0.5, 0.6) is 0 Å². The first kappa shape index (κ1) is 16.4. The number of esters is 2. The fourth-order valence-corrected chi connectivity index (χ4v) is 2.25. The standard InChI is InChI=1S/C18H14N2O5/c1-23-17(21)13-7-3-5-11(9-13)15-19-20-16(25-15)12-6-4-8-14(10-12)18(22)24-2/h3-10H,1-2H3. The molecule has 0 amide bonds. The number of hydrogen-bond acceptors (Lipinski definition) is 7. The van der Waals surface area contributed by atoms with E-state index in [9.17, 15) is 9.59 Å². The molecule has 0 fully saturated rings. The van der Waals surface area contributed by atoms with Crippen LogP contribution in [0.4, 0.5) is 0 Å². The Bertz CT molecular complexity index is 858. The van der Waals surface area contributed by atoms with Gasteiger partial charge in [0.25, 0.3) is 0 Å². The molecule has 126 valence electrons. The number of hydrogen-bond donors (Lipinski definition) is 0. The smallest absolute Gasteiger partial charge is 0.337 e. The van der Waals surface area contributed by atoms with E-state index in [1.54, 1.807) is 48.5 Å². The maximum absolute atomic E-state index is 11.6. The zero-order valence-corrected chi connectivity index (χ0v) is 13.6. The van der Waals surface area contributed by atoms with Crippen molar-refractivity contribution in [2.24, 2.45) is 0 Å². The Labute approximate surface area is 143 Å². The summed E-state index contributed by atoms with van der Waals surface area (Å²) < 4.78 is 15.1. The van der Waals surface area contributed by atoms with E-state index in [4.69, 9.17) is 13.9 Å². The predicted octanol–water partition coefficient (Wildman–Crippen LogP) is 2.98. The maximum atomic E-state index is 11.6. The summed E-state index contributed by atoms with van der Waals surface area (Å²) in [6.07, 6.45) is 0. The summed E-state index contributed by atoms with van der Waals surface area (Å²) in [4.78, 5) is 23.2. The van der Waals surface area contributed by atoms with E-state index in [1.165, 1.54) is 14.2 Å². The highest BCUT2D eigenvalue weighted by Crippen LogP contribution is 2.25. The van der Waals surface area contributed by atoms with E-state index in [0.29, 0.717) is 22.3 Å². The Hall–Kier alpha value is -3.48. The van der Waals surface area contributed by atoms with Gasteiger partial charge in [-0.15, -0.1) is 10.2 Å². The molecule has 0 unspecified atom stereocenters. The summed E-state index contributed by atoms with van der Waals surface area (Å²) in [6, 6.07) is 13.4. The molecular formula is C18H14N2O5. The Balaban J connectivity index is 1.93. The first-order valence-electron chi connectivity index (χ1n) is 7.33. The van der Waals surface area contributed by atoms with Crippen molar-refractivity contribution in [3.8, 4) is 22.9 Å². The van der Waals surface area contributed by atoms with Gasteiger partial charge < -0.3 is 13.9 Å². The van der Waals surface area contributed by atoms with Gasteiger partial charge in [-0.1, -0.05) is 12.1 Å². The van der Waals surface area contributed by atoms with E-state index in [0.717, 1.165) is 0 Å². The second-order valence-electron chi connectivity index (χ2n) is 5.06. The van der Waals surface area contributed by atoms with Crippen LogP contribution in [0.1, 0.15) is 20.7 Å². The molecule has 2 aromatic carbocycles. The Kier molecular flexibility index (Phi) is 4.56. The lowest BCUT2D eigenvalue weighted by Crippen LogP contribution is -2.00. The number of rotatable bonds is 4. The molecule has 0 aliphatic rings. The van der Waals surface area contributed by atoms with Gasteiger partial charge in [-0.3, -0.25) is 0 Å². The Morgan fingerprint density at radius 2 is 1.24 bits per heavy atom. The van der Waals surface area contributed by atoms with Gasteiger partial charge in [0, 0.05) is 11.1 Å². The van der Waals surface area contributed by atoms with Crippen molar-refractivity contribution in [3.63, 3.8) is 0 Å². The molecule has 0 spiro atoms. The molecule has 7 heteroatoms. The van der Waals surface area contributed by atoms with Crippen LogP contribution in [-0.4, -0.2) is 36.4 Å². The van der Waals surface area contributed by atoms with Crippen LogP contribution < -0.4 is 0 Å². The highest BCUT2D eigenvalue weighted by atomic mass is 16.5. The van der Waals surface area contributed by atoms with Crippen LogP contribution in [0.3, 0.4) is 0 Å². The van der Waals surface area contributed by atoms with Crippen molar-refractivity contribution in [3.05, 3.63) is 59.7 Å². The van der Waals surface area contributed by atoms with Gasteiger partial charge in [0.2, 0.25) is 11.8 Å². The molecule has 0 radical (unpaired) electrons. The monoisotopic (exact) mass is 338 g/mol. The van der Waals surface area contributed by atoms with Gasteiger partial charge in [-0.25, -0.2) is 9.59 Å². The third-order valence-corrected chi connectivity index (χ3v) is 3.49. The zero-order chi connectivity index (χ0) is 17.8. The molecule has 0 atom stereocenters. The third kappa shape index (κ3) is 3.40. The molecule has 1 heterocycles. The number of methoxy groups -OCH3 is 2.